The van der Waals surface area contributed by atoms with E-state index in [0.29, 0.717) is 5.69 Å². The number of aromatic nitrogens is 2. The molecule has 0 amide bonds. The lowest BCUT2D eigenvalue weighted by Gasteiger charge is -1.98. The van der Waals surface area contributed by atoms with E-state index >= 15 is 0 Å². The van der Waals surface area contributed by atoms with Crippen molar-refractivity contribution in [3.05, 3.63) is 42.0 Å². The average Bonchev–Trinajstić information content (AvgIpc) is 2.80. The first-order valence-corrected chi connectivity index (χ1v) is 5.65. The van der Waals surface area contributed by atoms with E-state index in [1.165, 1.54) is 12.2 Å². The van der Waals surface area contributed by atoms with Crippen LogP contribution in [0.2, 0.25) is 0 Å². The summed E-state index contributed by atoms with van der Waals surface area (Å²) in [4.78, 5) is 29.5. The van der Waals surface area contributed by atoms with E-state index < -0.39 is 5.97 Å². The van der Waals surface area contributed by atoms with Crippen LogP contribution in [0.25, 0.3) is 11.7 Å². The van der Waals surface area contributed by atoms with Gasteiger partial charge in [0.25, 0.3) is 0 Å². The molecule has 0 aliphatic carbocycles. The van der Waals surface area contributed by atoms with Crippen LogP contribution in [0.5, 0.6) is 0 Å². The van der Waals surface area contributed by atoms with Crippen molar-refractivity contribution in [1.29, 1.82) is 0 Å². The molecule has 0 saturated carbocycles. The molecule has 0 saturated heterocycles. The van der Waals surface area contributed by atoms with E-state index in [-0.39, 0.29) is 12.3 Å². The Morgan fingerprint density at radius 3 is 3.11 bits per heavy atom. The highest BCUT2D eigenvalue weighted by atomic mass is 16.5. The van der Waals surface area contributed by atoms with Gasteiger partial charge in [-0.3, -0.25) is 0 Å². The monoisotopic (exact) mass is 257 g/mol. The van der Waals surface area contributed by atoms with Crippen LogP contribution in [0.4, 0.5) is 0 Å². The summed E-state index contributed by atoms with van der Waals surface area (Å²) in [6, 6.07) is 5.54. The summed E-state index contributed by atoms with van der Waals surface area (Å²) in [5.74, 6) is -0.678. The third kappa shape index (κ3) is 2.94. The Labute approximate surface area is 109 Å². The molecule has 0 atom stereocenters. The van der Waals surface area contributed by atoms with Crippen molar-refractivity contribution in [3.63, 3.8) is 0 Å². The number of aliphatic imine (C=N–C) groups is 1. The Morgan fingerprint density at radius 1 is 1.58 bits per heavy atom. The van der Waals surface area contributed by atoms with Gasteiger partial charge >= 0.3 is 5.97 Å². The number of imidazole rings is 1. The second-order valence-electron chi connectivity index (χ2n) is 3.59. The molecule has 0 unspecified atom stereocenters. The lowest BCUT2D eigenvalue weighted by molar-refractivity contribution is -0.138. The number of hydrogen-bond acceptors (Lipinski definition) is 5. The van der Waals surface area contributed by atoms with Crippen molar-refractivity contribution in [1.82, 2.24) is 9.38 Å². The predicted molar refractivity (Wildman–Crippen MR) is 67.9 cm³/mol. The predicted octanol–water partition coefficient (Wildman–Crippen LogP) is 1.57. The van der Waals surface area contributed by atoms with Gasteiger partial charge in [0.15, 0.2) is 5.70 Å². The topological polar surface area (TPSA) is 73.0 Å². The molecule has 2 aromatic heterocycles. The fourth-order valence-corrected chi connectivity index (χ4v) is 1.55. The number of carbonyl (C=O) groups is 1. The molecule has 0 aromatic carbocycles. The van der Waals surface area contributed by atoms with Crippen molar-refractivity contribution in [2.24, 2.45) is 4.99 Å². The van der Waals surface area contributed by atoms with Gasteiger partial charge in [-0.25, -0.2) is 14.6 Å². The number of rotatable bonds is 4. The standard InChI is InChI=1S/C13H11N3O3/c1-2-19-13(18)11(14-9-17)7-10-8-16-6-4-3-5-12(16)15-10/h3-8H,2H2,1H3/b11-7-. The van der Waals surface area contributed by atoms with Crippen LogP contribution >= 0.6 is 0 Å². The fourth-order valence-electron chi connectivity index (χ4n) is 1.55. The Morgan fingerprint density at radius 2 is 2.42 bits per heavy atom. The van der Waals surface area contributed by atoms with E-state index in [1.807, 2.05) is 24.4 Å². The van der Waals surface area contributed by atoms with Crippen LogP contribution < -0.4 is 0 Å². The number of ether oxygens (including phenoxy) is 1. The minimum Gasteiger partial charge on any atom is -0.461 e. The lowest BCUT2D eigenvalue weighted by atomic mass is 10.3. The minimum absolute atomic E-state index is 0.125. The molecule has 0 bridgehead atoms. The first kappa shape index (κ1) is 12.7. The third-order valence-corrected chi connectivity index (χ3v) is 2.32. The van der Waals surface area contributed by atoms with Crippen molar-refractivity contribution in [3.8, 4) is 0 Å². The second-order valence-corrected chi connectivity index (χ2v) is 3.59. The summed E-state index contributed by atoms with van der Waals surface area (Å²) >= 11 is 0. The van der Waals surface area contributed by atoms with Gasteiger partial charge in [-0.05, 0) is 25.1 Å². The van der Waals surface area contributed by atoms with Crippen LogP contribution in [-0.4, -0.2) is 28.0 Å². The lowest BCUT2D eigenvalue weighted by Crippen LogP contribution is -2.05. The molecule has 0 N–H and O–H groups in total. The molecule has 2 rings (SSSR count). The van der Waals surface area contributed by atoms with Gasteiger partial charge in [0.2, 0.25) is 6.08 Å². The highest BCUT2D eigenvalue weighted by Gasteiger charge is 2.10. The summed E-state index contributed by atoms with van der Waals surface area (Å²) < 4.78 is 6.58. The second kappa shape index (κ2) is 5.75. The van der Waals surface area contributed by atoms with Crippen molar-refractivity contribution in [2.75, 3.05) is 6.61 Å². The van der Waals surface area contributed by atoms with E-state index in [9.17, 15) is 9.59 Å². The van der Waals surface area contributed by atoms with Crippen molar-refractivity contribution < 1.29 is 14.3 Å². The number of fused-ring (bicyclic) bond motifs is 1. The summed E-state index contributed by atoms with van der Waals surface area (Å²) in [6.07, 6.45) is 6.26. The van der Waals surface area contributed by atoms with E-state index in [4.69, 9.17) is 4.74 Å². The van der Waals surface area contributed by atoms with Gasteiger partial charge in [0.1, 0.15) is 5.65 Å². The Kier molecular flexibility index (Phi) is 3.85. The summed E-state index contributed by atoms with van der Waals surface area (Å²) in [7, 11) is 0. The molecule has 96 valence electrons. The van der Waals surface area contributed by atoms with Crippen LogP contribution in [-0.2, 0) is 14.3 Å². The summed E-state index contributed by atoms with van der Waals surface area (Å²) in [6.45, 7) is 1.88. The number of pyridine rings is 1. The number of esters is 1. The molecule has 0 radical (unpaired) electrons. The SMILES string of the molecule is CCOC(=O)/C(=C/c1cn2ccccc2n1)N=C=O. The van der Waals surface area contributed by atoms with Crippen LogP contribution in [0.15, 0.2) is 41.3 Å². The Bertz CT molecular complexity index is 648. The zero-order valence-electron chi connectivity index (χ0n) is 10.2. The Balaban J connectivity index is 2.39. The first-order valence-electron chi connectivity index (χ1n) is 5.65. The van der Waals surface area contributed by atoms with Gasteiger partial charge < -0.3 is 9.14 Å². The highest BCUT2D eigenvalue weighted by Crippen LogP contribution is 2.10. The molecule has 2 aromatic rings. The van der Waals surface area contributed by atoms with Crippen LogP contribution in [0, 0.1) is 0 Å². The van der Waals surface area contributed by atoms with Crippen LogP contribution in [0.1, 0.15) is 12.6 Å². The number of carbonyl (C=O) groups excluding carboxylic acids is 2. The Hall–Kier alpha value is -2.72. The van der Waals surface area contributed by atoms with Gasteiger partial charge in [0.05, 0.1) is 12.3 Å². The molecule has 6 nitrogen and oxygen atoms in total. The molecular formula is C13H11N3O3. The maximum atomic E-state index is 11.6. The third-order valence-electron chi connectivity index (χ3n) is 2.32. The number of nitrogens with zero attached hydrogens (tertiary/aromatic N) is 3. The van der Waals surface area contributed by atoms with Crippen molar-refractivity contribution >= 4 is 23.8 Å². The number of isocyanates is 1. The van der Waals surface area contributed by atoms with E-state index in [1.54, 1.807) is 17.5 Å². The molecule has 19 heavy (non-hydrogen) atoms. The molecule has 2 heterocycles. The van der Waals surface area contributed by atoms with E-state index in [2.05, 4.69) is 9.98 Å². The fraction of sp³-hybridized carbons (Fsp3) is 0.154. The van der Waals surface area contributed by atoms with Gasteiger partial charge in [0, 0.05) is 12.4 Å². The zero-order valence-corrected chi connectivity index (χ0v) is 10.2. The zero-order chi connectivity index (χ0) is 13.7. The minimum atomic E-state index is -0.678. The first-order chi connectivity index (χ1) is 9.24. The largest absolute Gasteiger partial charge is 0.461 e. The maximum Gasteiger partial charge on any atom is 0.357 e. The van der Waals surface area contributed by atoms with Crippen LogP contribution in [0.3, 0.4) is 0 Å². The molecule has 6 heteroatoms. The summed E-state index contributed by atoms with van der Waals surface area (Å²) in [5, 5.41) is 0. The average molecular weight is 257 g/mol. The maximum absolute atomic E-state index is 11.6. The highest BCUT2D eigenvalue weighted by molar-refractivity contribution is 5.94. The molecule has 0 aliphatic heterocycles. The van der Waals surface area contributed by atoms with E-state index in [0.717, 1.165) is 5.65 Å². The quantitative estimate of drug-likeness (QED) is 0.361. The van der Waals surface area contributed by atoms with Crippen molar-refractivity contribution in [2.45, 2.75) is 6.92 Å². The summed E-state index contributed by atoms with van der Waals surface area (Å²) in [5.41, 5.74) is 1.11. The molecule has 0 aliphatic rings. The van der Waals surface area contributed by atoms with Gasteiger partial charge in [-0.2, -0.15) is 4.99 Å². The number of hydrogen-bond donors (Lipinski definition) is 0. The van der Waals surface area contributed by atoms with Gasteiger partial charge in [-0.1, -0.05) is 6.07 Å². The normalized spacial score (nSPS) is 11.1. The molecular weight excluding hydrogens is 246 g/mol. The molecule has 0 fully saturated rings. The molecule has 0 spiro atoms. The smallest absolute Gasteiger partial charge is 0.357 e. The van der Waals surface area contributed by atoms with Gasteiger partial charge in [-0.15, -0.1) is 0 Å².